The first-order valence-electron chi connectivity index (χ1n) is 6.46. The fraction of sp³-hybridized carbons (Fsp3) is 0.571. The molecular formula is C14H18ClNO. The Morgan fingerprint density at radius 3 is 2.71 bits per heavy atom. The minimum Gasteiger partial charge on any atom is -0.391 e. The summed E-state index contributed by atoms with van der Waals surface area (Å²) in [6.07, 6.45) is 4.33. The highest BCUT2D eigenvalue weighted by Crippen LogP contribution is 2.38. The molecule has 1 aliphatic heterocycles. The average Bonchev–Trinajstić information content (AvgIpc) is 2.65. The molecule has 0 bridgehead atoms. The van der Waals surface area contributed by atoms with Crippen LogP contribution in [0.1, 0.15) is 36.4 Å². The van der Waals surface area contributed by atoms with E-state index in [0.717, 1.165) is 24.5 Å². The molecule has 1 aromatic carbocycles. The van der Waals surface area contributed by atoms with Crippen molar-refractivity contribution >= 4 is 11.6 Å². The molecule has 0 radical (unpaired) electrons. The second-order valence-electron chi connectivity index (χ2n) is 5.16. The van der Waals surface area contributed by atoms with Crippen LogP contribution in [0, 0.1) is 0 Å². The van der Waals surface area contributed by atoms with Crippen molar-refractivity contribution in [1.82, 2.24) is 4.90 Å². The Bertz CT molecular complexity index is 415. The van der Waals surface area contributed by atoms with E-state index in [2.05, 4.69) is 11.0 Å². The number of hydrogen-bond donors (Lipinski definition) is 1. The Kier molecular flexibility index (Phi) is 3.12. The highest BCUT2D eigenvalue weighted by molar-refractivity contribution is 6.30. The molecule has 3 heteroatoms. The van der Waals surface area contributed by atoms with Crippen LogP contribution in [0.25, 0.3) is 0 Å². The molecule has 0 saturated carbocycles. The maximum absolute atomic E-state index is 10.3. The van der Waals surface area contributed by atoms with E-state index in [9.17, 15) is 5.11 Å². The summed E-state index contributed by atoms with van der Waals surface area (Å²) in [5.41, 5.74) is 2.50. The molecule has 1 aliphatic carbocycles. The van der Waals surface area contributed by atoms with Gasteiger partial charge in [0.1, 0.15) is 0 Å². The van der Waals surface area contributed by atoms with Crippen LogP contribution < -0.4 is 0 Å². The predicted molar refractivity (Wildman–Crippen MR) is 69.3 cm³/mol. The number of nitrogens with zero attached hydrogens (tertiary/aromatic N) is 1. The van der Waals surface area contributed by atoms with Gasteiger partial charge in [-0.2, -0.15) is 0 Å². The van der Waals surface area contributed by atoms with Gasteiger partial charge in [-0.1, -0.05) is 24.1 Å². The summed E-state index contributed by atoms with van der Waals surface area (Å²) < 4.78 is 0. The van der Waals surface area contributed by atoms with Gasteiger partial charge in [0.05, 0.1) is 12.1 Å². The molecule has 0 spiro atoms. The van der Waals surface area contributed by atoms with Crippen LogP contribution >= 0.6 is 11.6 Å². The smallest absolute Gasteiger partial charge is 0.0777 e. The van der Waals surface area contributed by atoms with Crippen molar-refractivity contribution in [2.24, 2.45) is 0 Å². The lowest BCUT2D eigenvalue weighted by molar-refractivity contribution is 0.0496. The first kappa shape index (κ1) is 11.5. The van der Waals surface area contributed by atoms with Crippen molar-refractivity contribution in [3.63, 3.8) is 0 Å². The topological polar surface area (TPSA) is 23.5 Å². The maximum Gasteiger partial charge on any atom is 0.0777 e. The van der Waals surface area contributed by atoms with Gasteiger partial charge in [-0.3, -0.25) is 4.90 Å². The molecule has 3 rings (SSSR count). The van der Waals surface area contributed by atoms with E-state index in [0.29, 0.717) is 0 Å². The number of rotatable bonds is 1. The number of benzene rings is 1. The lowest BCUT2D eigenvalue weighted by atomic mass is 10.0. The summed E-state index contributed by atoms with van der Waals surface area (Å²) in [5.74, 6) is 0. The van der Waals surface area contributed by atoms with E-state index in [1.807, 2.05) is 12.1 Å². The summed E-state index contributed by atoms with van der Waals surface area (Å²) in [5, 5.41) is 11.0. The van der Waals surface area contributed by atoms with Gasteiger partial charge >= 0.3 is 0 Å². The van der Waals surface area contributed by atoms with E-state index < -0.39 is 0 Å². The number of halogens is 1. The number of piperidine rings is 1. The van der Waals surface area contributed by atoms with Crippen molar-refractivity contribution < 1.29 is 5.11 Å². The summed E-state index contributed by atoms with van der Waals surface area (Å²) in [7, 11) is 0. The number of hydrogen-bond acceptors (Lipinski definition) is 2. The van der Waals surface area contributed by atoms with E-state index in [4.69, 9.17) is 11.6 Å². The summed E-state index contributed by atoms with van der Waals surface area (Å²) in [6.45, 7) is 2.21. The van der Waals surface area contributed by atoms with Crippen LogP contribution in [0.2, 0.25) is 5.02 Å². The molecule has 2 aliphatic rings. The largest absolute Gasteiger partial charge is 0.391 e. The minimum absolute atomic E-state index is 0.170. The van der Waals surface area contributed by atoms with Gasteiger partial charge in [0.15, 0.2) is 0 Å². The fourth-order valence-corrected chi connectivity index (χ4v) is 3.39. The SMILES string of the molecule is OC1Cc2ccc(Cl)cc2C1N1CCCCC1. The van der Waals surface area contributed by atoms with Gasteiger partial charge in [-0.15, -0.1) is 0 Å². The molecule has 0 aromatic heterocycles. The zero-order chi connectivity index (χ0) is 11.8. The third-order valence-electron chi connectivity index (χ3n) is 4.00. The molecule has 2 unspecified atom stereocenters. The monoisotopic (exact) mass is 251 g/mol. The van der Waals surface area contributed by atoms with Gasteiger partial charge in [0.25, 0.3) is 0 Å². The van der Waals surface area contributed by atoms with E-state index in [1.165, 1.54) is 30.4 Å². The van der Waals surface area contributed by atoms with Gasteiger partial charge in [-0.05, 0) is 49.2 Å². The first-order chi connectivity index (χ1) is 8.25. The Balaban J connectivity index is 1.92. The zero-order valence-corrected chi connectivity index (χ0v) is 10.7. The molecule has 1 N–H and O–H groups in total. The molecule has 1 heterocycles. The Morgan fingerprint density at radius 1 is 1.18 bits per heavy atom. The van der Waals surface area contributed by atoms with Gasteiger partial charge in [0.2, 0.25) is 0 Å². The van der Waals surface area contributed by atoms with Crippen LogP contribution in [0.3, 0.4) is 0 Å². The molecule has 1 saturated heterocycles. The lowest BCUT2D eigenvalue weighted by Crippen LogP contribution is -2.37. The Hall–Kier alpha value is -0.570. The maximum atomic E-state index is 10.3. The summed E-state index contributed by atoms with van der Waals surface area (Å²) >= 11 is 6.08. The predicted octanol–water partition coefficient (Wildman–Crippen LogP) is 2.78. The number of aliphatic hydroxyl groups excluding tert-OH is 1. The van der Waals surface area contributed by atoms with E-state index in [-0.39, 0.29) is 12.1 Å². The highest BCUT2D eigenvalue weighted by atomic mass is 35.5. The summed E-state index contributed by atoms with van der Waals surface area (Å²) in [4.78, 5) is 2.43. The number of aliphatic hydroxyl groups is 1. The molecule has 1 fully saturated rings. The summed E-state index contributed by atoms with van der Waals surface area (Å²) in [6, 6.07) is 6.19. The molecule has 92 valence electrons. The normalized spacial score (nSPS) is 29.3. The van der Waals surface area contributed by atoms with Crippen LogP contribution in [-0.2, 0) is 6.42 Å². The Morgan fingerprint density at radius 2 is 1.94 bits per heavy atom. The fourth-order valence-electron chi connectivity index (χ4n) is 3.21. The zero-order valence-electron chi connectivity index (χ0n) is 9.90. The van der Waals surface area contributed by atoms with E-state index >= 15 is 0 Å². The van der Waals surface area contributed by atoms with Crippen molar-refractivity contribution in [1.29, 1.82) is 0 Å². The third kappa shape index (κ3) is 2.10. The molecule has 0 amide bonds. The van der Waals surface area contributed by atoms with Crippen molar-refractivity contribution in [2.75, 3.05) is 13.1 Å². The second-order valence-corrected chi connectivity index (χ2v) is 5.59. The van der Waals surface area contributed by atoms with Crippen LogP contribution in [-0.4, -0.2) is 29.2 Å². The average molecular weight is 252 g/mol. The quantitative estimate of drug-likeness (QED) is 0.830. The molecular weight excluding hydrogens is 234 g/mol. The van der Waals surface area contributed by atoms with E-state index in [1.54, 1.807) is 0 Å². The van der Waals surface area contributed by atoms with Gasteiger partial charge in [-0.25, -0.2) is 0 Å². The minimum atomic E-state index is -0.262. The van der Waals surface area contributed by atoms with Crippen LogP contribution in [0.15, 0.2) is 18.2 Å². The Labute approximate surface area is 107 Å². The van der Waals surface area contributed by atoms with Crippen molar-refractivity contribution in [3.8, 4) is 0 Å². The second kappa shape index (κ2) is 4.60. The third-order valence-corrected chi connectivity index (χ3v) is 4.24. The van der Waals surface area contributed by atoms with Gasteiger partial charge < -0.3 is 5.11 Å². The molecule has 1 aromatic rings. The number of likely N-dealkylation sites (tertiary alicyclic amines) is 1. The van der Waals surface area contributed by atoms with Crippen LogP contribution in [0.5, 0.6) is 0 Å². The molecule has 2 nitrogen and oxygen atoms in total. The lowest BCUT2D eigenvalue weighted by Gasteiger charge is -2.34. The highest BCUT2D eigenvalue weighted by Gasteiger charge is 2.35. The van der Waals surface area contributed by atoms with Crippen molar-refractivity contribution in [2.45, 2.75) is 37.8 Å². The van der Waals surface area contributed by atoms with Crippen LogP contribution in [0.4, 0.5) is 0 Å². The molecule has 17 heavy (non-hydrogen) atoms. The molecule has 2 atom stereocenters. The van der Waals surface area contributed by atoms with Gasteiger partial charge in [0, 0.05) is 11.4 Å². The van der Waals surface area contributed by atoms with Crippen molar-refractivity contribution in [3.05, 3.63) is 34.3 Å². The standard InChI is InChI=1S/C14H18ClNO/c15-11-5-4-10-8-13(17)14(12(10)9-11)16-6-2-1-3-7-16/h4-5,9,13-14,17H,1-3,6-8H2. The first-order valence-corrected chi connectivity index (χ1v) is 6.84. The number of fused-ring (bicyclic) bond motifs is 1.